The summed E-state index contributed by atoms with van der Waals surface area (Å²) in [6.07, 6.45) is 0. The van der Waals surface area contributed by atoms with Gasteiger partial charge >= 0.3 is 0 Å². The number of nitriles is 1. The number of hydrogen-bond acceptors (Lipinski definition) is 5. The molecule has 0 bridgehead atoms. The molecule has 0 aliphatic rings. The third kappa shape index (κ3) is 7.11. The van der Waals surface area contributed by atoms with Crippen molar-refractivity contribution in [3.05, 3.63) is 124 Å². The molecule has 0 atom stereocenters. The van der Waals surface area contributed by atoms with E-state index in [2.05, 4.69) is 89.3 Å². The third-order valence-electron chi connectivity index (χ3n) is 5.93. The lowest BCUT2D eigenvalue weighted by molar-refractivity contribution is 0.692. The van der Waals surface area contributed by atoms with Gasteiger partial charge in [-0.1, -0.05) is 53.6 Å². The summed E-state index contributed by atoms with van der Waals surface area (Å²) in [5.41, 5.74) is 10.7. The molecule has 36 heavy (non-hydrogen) atoms. The van der Waals surface area contributed by atoms with E-state index >= 15 is 0 Å². The number of nitrogens with one attached hydrogen (secondary N) is 2. The summed E-state index contributed by atoms with van der Waals surface area (Å²) in [7, 11) is 0. The number of nitrogens with zero attached hydrogens (tertiary/aromatic N) is 3. The molecule has 0 aromatic heterocycles. The maximum absolute atomic E-state index is 8.90. The van der Waals surface area contributed by atoms with Crippen LogP contribution < -0.4 is 10.6 Å². The van der Waals surface area contributed by atoms with Gasteiger partial charge in [-0.25, -0.2) is 0 Å². The molecule has 0 heterocycles. The summed E-state index contributed by atoms with van der Waals surface area (Å²) in [4.78, 5) is 0. The van der Waals surface area contributed by atoms with Gasteiger partial charge in [0.15, 0.2) is 0 Å². The highest BCUT2D eigenvalue weighted by Crippen LogP contribution is 2.25. The second-order valence-electron chi connectivity index (χ2n) is 9.13. The molecule has 0 spiro atoms. The summed E-state index contributed by atoms with van der Waals surface area (Å²) in [5.74, 6) is 0. The maximum atomic E-state index is 8.90. The van der Waals surface area contributed by atoms with Crippen molar-refractivity contribution < 1.29 is 0 Å². The van der Waals surface area contributed by atoms with Gasteiger partial charge in [-0.3, -0.25) is 0 Å². The highest BCUT2D eigenvalue weighted by molar-refractivity contribution is 5.56. The molecule has 2 N–H and O–H groups in total. The molecule has 0 radical (unpaired) electrons. The van der Waals surface area contributed by atoms with Crippen LogP contribution in [0.3, 0.4) is 0 Å². The monoisotopic (exact) mass is 473 g/mol. The van der Waals surface area contributed by atoms with Gasteiger partial charge in [0.25, 0.3) is 0 Å². The van der Waals surface area contributed by atoms with Crippen LogP contribution >= 0.6 is 0 Å². The highest BCUT2D eigenvalue weighted by Gasteiger charge is 2.02. The SMILES string of the molecule is Cc1cc(C)cc(CNCc2ccc(CNc3ccc(N=Nc4ccc(C#N)cc4)c(C)c3)cc2)c1. The molecule has 5 nitrogen and oxygen atoms in total. The zero-order valence-corrected chi connectivity index (χ0v) is 21.0. The first kappa shape index (κ1) is 24.8. The largest absolute Gasteiger partial charge is 0.381 e. The van der Waals surface area contributed by atoms with Crippen LogP contribution in [0.4, 0.5) is 17.1 Å². The molecule has 0 saturated carbocycles. The number of rotatable bonds is 9. The van der Waals surface area contributed by atoms with Crippen molar-refractivity contribution in [1.82, 2.24) is 5.32 Å². The number of anilines is 1. The van der Waals surface area contributed by atoms with E-state index in [9.17, 15) is 0 Å². The highest BCUT2D eigenvalue weighted by atomic mass is 15.1. The average molecular weight is 474 g/mol. The first-order chi connectivity index (χ1) is 17.5. The van der Waals surface area contributed by atoms with Gasteiger partial charge in [0, 0.05) is 25.3 Å². The Hall–Kier alpha value is -4.27. The van der Waals surface area contributed by atoms with Gasteiger partial charge in [0.05, 0.1) is 23.0 Å². The van der Waals surface area contributed by atoms with E-state index in [1.54, 1.807) is 24.3 Å². The molecule has 0 aliphatic carbocycles. The lowest BCUT2D eigenvalue weighted by atomic mass is 10.1. The van der Waals surface area contributed by atoms with Crippen LogP contribution in [-0.4, -0.2) is 0 Å². The van der Waals surface area contributed by atoms with Crippen LogP contribution in [0, 0.1) is 32.1 Å². The van der Waals surface area contributed by atoms with E-state index in [0.717, 1.165) is 42.3 Å². The van der Waals surface area contributed by atoms with Crippen molar-refractivity contribution >= 4 is 17.1 Å². The van der Waals surface area contributed by atoms with Crippen LogP contribution in [0.5, 0.6) is 0 Å². The van der Waals surface area contributed by atoms with Crippen molar-refractivity contribution in [3.63, 3.8) is 0 Å². The molecular weight excluding hydrogens is 442 g/mol. The van der Waals surface area contributed by atoms with Gasteiger partial charge in [-0.05, 0) is 85.5 Å². The average Bonchev–Trinajstić information content (AvgIpc) is 2.87. The Morgan fingerprint density at radius 2 is 1.31 bits per heavy atom. The fourth-order valence-corrected chi connectivity index (χ4v) is 4.09. The fourth-order valence-electron chi connectivity index (χ4n) is 4.09. The fraction of sp³-hybridized carbons (Fsp3) is 0.194. The lowest BCUT2D eigenvalue weighted by Crippen LogP contribution is -2.13. The van der Waals surface area contributed by atoms with Gasteiger partial charge in [0.1, 0.15) is 0 Å². The first-order valence-electron chi connectivity index (χ1n) is 12.1. The normalized spacial score (nSPS) is 10.9. The van der Waals surface area contributed by atoms with Crippen molar-refractivity contribution in [2.45, 2.75) is 40.4 Å². The molecular formula is C31H31N5. The quantitative estimate of drug-likeness (QED) is 0.244. The predicted octanol–water partition coefficient (Wildman–Crippen LogP) is 7.80. The summed E-state index contributed by atoms with van der Waals surface area (Å²) >= 11 is 0. The van der Waals surface area contributed by atoms with E-state index in [4.69, 9.17) is 5.26 Å². The lowest BCUT2D eigenvalue weighted by Gasteiger charge is -2.10. The number of benzene rings is 4. The van der Waals surface area contributed by atoms with Crippen LogP contribution in [0.2, 0.25) is 0 Å². The van der Waals surface area contributed by atoms with Gasteiger partial charge in [0.2, 0.25) is 0 Å². The van der Waals surface area contributed by atoms with Gasteiger partial charge in [-0.15, -0.1) is 0 Å². The molecule has 0 amide bonds. The van der Waals surface area contributed by atoms with Crippen molar-refractivity contribution in [2.75, 3.05) is 5.32 Å². The van der Waals surface area contributed by atoms with Crippen LogP contribution in [0.25, 0.3) is 0 Å². The van der Waals surface area contributed by atoms with Gasteiger partial charge < -0.3 is 10.6 Å². The second kappa shape index (κ2) is 11.9. The topological polar surface area (TPSA) is 72.6 Å². The Bertz CT molecular complexity index is 1360. The van der Waals surface area contributed by atoms with Crippen molar-refractivity contribution in [2.24, 2.45) is 10.2 Å². The number of azo groups is 1. The van der Waals surface area contributed by atoms with E-state index in [1.165, 1.54) is 27.8 Å². The van der Waals surface area contributed by atoms with Crippen molar-refractivity contribution in [1.29, 1.82) is 5.26 Å². The minimum absolute atomic E-state index is 0.611. The van der Waals surface area contributed by atoms with Crippen LogP contribution in [0.1, 0.15) is 38.9 Å². The van der Waals surface area contributed by atoms with E-state index in [0.29, 0.717) is 5.56 Å². The van der Waals surface area contributed by atoms with Crippen LogP contribution in [-0.2, 0) is 19.6 Å². The molecule has 0 aliphatic heterocycles. The Labute approximate surface area is 213 Å². The zero-order chi connectivity index (χ0) is 25.3. The Morgan fingerprint density at radius 1 is 0.667 bits per heavy atom. The Balaban J connectivity index is 1.27. The minimum atomic E-state index is 0.611. The molecule has 4 aromatic rings. The predicted molar refractivity (Wildman–Crippen MR) is 147 cm³/mol. The van der Waals surface area contributed by atoms with E-state index in [1.807, 2.05) is 19.1 Å². The molecule has 4 aromatic carbocycles. The molecule has 0 fully saturated rings. The third-order valence-corrected chi connectivity index (χ3v) is 5.93. The van der Waals surface area contributed by atoms with E-state index in [-0.39, 0.29) is 0 Å². The minimum Gasteiger partial charge on any atom is -0.381 e. The van der Waals surface area contributed by atoms with Gasteiger partial charge in [-0.2, -0.15) is 15.5 Å². The summed E-state index contributed by atoms with van der Waals surface area (Å²) in [5, 5.41) is 24.6. The molecule has 0 saturated heterocycles. The standard InChI is InChI=1S/C31H31N5/c1-22-14-23(2)16-28(15-22)20-33-19-26-4-6-27(7-5-26)21-34-30-12-13-31(24(3)17-30)36-35-29-10-8-25(18-32)9-11-29/h4-17,33-34H,19-21H2,1-3H3. The molecule has 5 heteroatoms. The summed E-state index contributed by atoms with van der Waals surface area (Å²) in [6.45, 7) is 8.78. The maximum Gasteiger partial charge on any atom is 0.0991 e. The Kier molecular flexibility index (Phi) is 8.23. The van der Waals surface area contributed by atoms with E-state index < -0.39 is 0 Å². The zero-order valence-electron chi connectivity index (χ0n) is 21.0. The number of hydrogen-bond donors (Lipinski definition) is 2. The summed E-state index contributed by atoms with van der Waals surface area (Å²) in [6, 6.07) is 30.6. The summed E-state index contributed by atoms with van der Waals surface area (Å²) < 4.78 is 0. The van der Waals surface area contributed by atoms with Crippen LogP contribution in [0.15, 0.2) is 95.2 Å². The second-order valence-corrected chi connectivity index (χ2v) is 9.13. The molecule has 180 valence electrons. The molecule has 4 rings (SSSR count). The van der Waals surface area contributed by atoms with Crippen molar-refractivity contribution in [3.8, 4) is 6.07 Å². The molecule has 0 unspecified atom stereocenters. The Morgan fingerprint density at radius 3 is 1.94 bits per heavy atom. The first-order valence-corrected chi connectivity index (χ1v) is 12.1. The smallest absolute Gasteiger partial charge is 0.0991 e. The number of aryl methyl sites for hydroxylation is 3.